The third-order valence-electron chi connectivity index (χ3n) is 2.73. The van der Waals surface area contributed by atoms with Gasteiger partial charge in [-0.3, -0.25) is 14.3 Å². The number of hydrogen-bond acceptors (Lipinski definition) is 4. The lowest BCUT2D eigenvalue weighted by atomic mass is 9.94. The molecular formula is C12H16N2O3. The van der Waals surface area contributed by atoms with E-state index in [0.717, 1.165) is 12.1 Å². The summed E-state index contributed by atoms with van der Waals surface area (Å²) < 4.78 is 6.36. The Kier molecular flexibility index (Phi) is 3.26. The molecule has 2 rings (SSSR count). The summed E-state index contributed by atoms with van der Waals surface area (Å²) in [5, 5.41) is 4.23. The number of carbonyl (C=O) groups is 2. The summed E-state index contributed by atoms with van der Waals surface area (Å²) in [4.78, 5) is 22.3. The Hall–Kier alpha value is -1.65. The highest BCUT2D eigenvalue weighted by molar-refractivity contribution is 5.89. The van der Waals surface area contributed by atoms with Crippen molar-refractivity contribution in [2.45, 2.75) is 39.2 Å². The minimum Gasteiger partial charge on any atom is -0.393 e. The number of ether oxygens (including phenoxy) is 1. The predicted molar refractivity (Wildman–Crippen MR) is 60.1 cm³/mol. The summed E-state index contributed by atoms with van der Waals surface area (Å²) in [5.41, 5.74) is 0.940. The fraction of sp³-hybridized carbons (Fsp3) is 0.583. The summed E-state index contributed by atoms with van der Waals surface area (Å²) in [5.74, 6) is -0.448. The molecule has 1 aliphatic heterocycles. The first kappa shape index (κ1) is 11.8. The zero-order chi connectivity index (χ0) is 12.4. The number of carbonyl (C=O) groups excluding carboxylic acids is 2. The van der Waals surface area contributed by atoms with E-state index in [1.807, 2.05) is 10.9 Å². The molecule has 0 amide bonds. The van der Waals surface area contributed by atoms with Gasteiger partial charge in [-0.25, -0.2) is 0 Å². The highest BCUT2D eigenvalue weighted by Gasteiger charge is 2.29. The average Bonchev–Trinajstić information content (AvgIpc) is 2.63. The monoisotopic (exact) mass is 236 g/mol. The molecule has 92 valence electrons. The molecule has 0 aromatic carbocycles. The van der Waals surface area contributed by atoms with Crippen molar-refractivity contribution < 1.29 is 14.3 Å². The predicted octanol–water partition coefficient (Wildman–Crippen LogP) is 1.49. The van der Waals surface area contributed by atoms with Gasteiger partial charge in [0.05, 0.1) is 19.0 Å². The molecule has 5 heteroatoms. The van der Waals surface area contributed by atoms with Crippen LogP contribution in [0.2, 0.25) is 0 Å². The highest BCUT2D eigenvalue weighted by atomic mass is 16.6. The highest BCUT2D eigenvalue weighted by Crippen LogP contribution is 2.27. The van der Waals surface area contributed by atoms with Gasteiger partial charge in [0.1, 0.15) is 0 Å². The van der Waals surface area contributed by atoms with Crippen molar-refractivity contribution in [1.82, 2.24) is 9.78 Å². The van der Waals surface area contributed by atoms with Gasteiger partial charge in [-0.2, -0.15) is 5.10 Å². The molecule has 0 bridgehead atoms. The van der Waals surface area contributed by atoms with Crippen molar-refractivity contribution in [1.29, 1.82) is 0 Å². The first-order chi connectivity index (χ1) is 8.04. The van der Waals surface area contributed by atoms with Gasteiger partial charge in [-0.1, -0.05) is 13.8 Å². The van der Waals surface area contributed by atoms with Crippen LogP contribution in [0.3, 0.4) is 0 Å². The van der Waals surface area contributed by atoms with Crippen LogP contribution in [0.1, 0.15) is 38.2 Å². The number of hydrogen-bond donors (Lipinski definition) is 0. The van der Waals surface area contributed by atoms with Crippen LogP contribution in [-0.4, -0.2) is 21.7 Å². The lowest BCUT2D eigenvalue weighted by molar-refractivity contribution is -0.163. The quantitative estimate of drug-likeness (QED) is 0.589. The van der Waals surface area contributed by atoms with Crippen LogP contribution in [0.5, 0.6) is 0 Å². The Balaban J connectivity index is 2.08. The van der Waals surface area contributed by atoms with Crippen LogP contribution in [0, 0.1) is 5.92 Å². The average molecular weight is 236 g/mol. The molecule has 5 nitrogen and oxygen atoms in total. The van der Waals surface area contributed by atoms with Gasteiger partial charge < -0.3 is 4.74 Å². The Bertz CT molecular complexity index is 421. The van der Waals surface area contributed by atoms with E-state index in [9.17, 15) is 9.59 Å². The zero-order valence-corrected chi connectivity index (χ0v) is 10.0. The lowest BCUT2D eigenvalue weighted by Gasteiger charge is -2.18. The minimum atomic E-state index is -0.442. The number of aromatic nitrogens is 2. The van der Waals surface area contributed by atoms with Crippen molar-refractivity contribution in [3.8, 4) is 0 Å². The van der Waals surface area contributed by atoms with Crippen LogP contribution in [0.15, 0.2) is 12.4 Å². The van der Waals surface area contributed by atoms with E-state index in [2.05, 4.69) is 23.7 Å². The van der Waals surface area contributed by atoms with E-state index < -0.39 is 11.9 Å². The smallest absolute Gasteiger partial charge is 0.314 e. The molecular weight excluding hydrogens is 220 g/mol. The van der Waals surface area contributed by atoms with Crippen molar-refractivity contribution in [2.24, 2.45) is 5.92 Å². The van der Waals surface area contributed by atoms with E-state index >= 15 is 0 Å². The van der Waals surface area contributed by atoms with Gasteiger partial charge >= 0.3 is 11.9 Å². The van der Waals surface area contributed by atoms with E-state index in [0.29, 0.717) is 5.92 Å². The van der Waals surface area contributed by atoms with E-state index in [1.54, 1.807) is 6.20 Å². The number of cyclic esters (lactones) is 2. The lowest BCUT2D eigenvalue weighted by Crippen LogP contribution is -2.24. The van der Waals surface area contributed by atoms with Gasteiger partial charge in [-0.05, 0) is 11.5 Å². The molecule has 1 aromatic heterocycles. The SMILES string of the molecule is CC(C)Cn1cc(C2CC(=O)OC(=O)C2)cn1. The van der Waals surface area contributed by atoms with Crippen molar-refractivity contribution in [3.63, 3.8) is 0 Å². The summed E-state index contributed by atoms with van der Waals surface area (Å²) in [6, 6.07) is 0. The maximum absolute atomic E-state index is 11.2. The third-order valence-corrected chi connectivity index (χ3v) is 2.73. The maximum Gasteiger partial charge on any atom is 0.314 e. The zero-order valence-electron chi connectivity index (χ0n) is 10.0. The first-order valence-corrected chi connectivity index (χ1v) is 5.80. The summed E-state index contributed by atoms with van der Waals surface area (Å²) >= 11 is 0. The van der Waals surface area contributed by atoms with Gasteiger partial charge in [0.2, 0.25) is 0 Å². The fourth-order valence-corrected chi connectivity index (χ4v) is 1.98. The largest absolute Gasteiger partial charge is 0.393 e. The van der Waals surface area contributed by atoms with Crippen LogP contribution in [-0.2, 0) is 20.9 Å². The van der Waals surface area contributed by atoms with Crippen molar-refractivity contribution in [3.05, 3.63) is 18.0 Å². The normalized spacial score (nSPS) is 17.6. The second-order valence-electron chi connectivity index (χ2n) is 4.84. The Morgan fingerprint density at radius 2 is 2.06 bits per heavy atom. The summed E-state index contributed by atoms with van der Waals surface area (Å²) in [6.45, 7) is 5.07. The second-order valence-corrected chi connectivity index (χ2v) is 4.84. The number of rotatable bonds is 3. The molecule has 0 aliphatic carbocycles. The topological polar surface area (TPSA) is 61.2 Å². The molecule has 17 heavy (non-hydrogen) atoms. The number of nitrogens with zero attached hydrogens (tertiary/aromatic N) is 2. The molecule has 1 aliphatic rings. The maximum atomic E-state index is 11.2. The van der Waals surface area contributed by atoms with E-state index in [-0.39, 0.29) is 18.8 Å². The minimum absolute atomic E-state index is 0.0790. The van der Waals surface area contributed by atoms with Crippen molar-refractivity contribution in [2.75, 3.05) is 0 Å². The molecule has 0 spiro atoms. The standard InChI is InChI=1S/C12H16N2O3/c1-8(2)6-14-7-10(5-13-14)9-3-11(15)17-12(16)4-9/h5,7-9H,3-4,6H2,1-2H3. The second kappa shape index (κ2) is 4.69. The van der Waals surface area contributed by atoms with Gasteiger partial charge in [0.25, 0.3) is 0 Å². The fourth-order valence-electron chi connectivity index (χ4n) is 1.98. The summed E-state index contributed by atoms with van der Waals surface area (Å²) in [7, 11) is 0. The summed E-state index contributed by atoms with van der Waals surface area (Å²) in [6.07, 6.45) is 4.17. The van der Waals surface area contributed by atoms with E-state index in [4.69, 9.17) is 0 Å². The van der Waals surface area contributed by atoms with Gasteiger partial charge in [-0.15, -0.1) is 0 Å². The molecule has 0 unspecified atom stereocenters. The van der Waals surface area contributed by atoms with E-state index in [1.165, 1.54) is 0 Å². The molecule has 1 aromatic rings. The molecule has 2 heterocycles. The van der Waals surface area contributed by atoms with Gasteiger partial charge in [0, 0.05) is 18.7 Å². The van der Waals surface area contributed by atoms with Gasteiger partial charge in [0.15, 0.2) is 0 Å². The molecule has 1 fully saturated rings. The molecule has 0 atom stereocenters. The molecule has 0 N–H and O–H groups in total. The van der Waals surface area contributed by atoms with Crippen molar-refractivity contribution >= 4 is 11.9 Å². The number of esters is 2. The molecule has 0 saturated carbocycles. The Morgan fingerprint density at radius 3 is 2.65 bits per heavy atom. The van der Waals surface area contributed by atoms with Crippen LogP contribution >= 0.6 is 0 Å². The Labute approximate surface area is 99.8 Å². The third kappa shape index (κ3) is 2.93. The molecule has 1 saturated heterocycles. The van der Waals surface area contributed by atoms with Crippen LogP contribution in [0.4, 0.5) is 0 Å². The molecule has 0 radical (unpaired) electrons. The first-order valence-electron chi connectivity index (χ1n) is 5.80. The Morgan fingerprint density at radius 1 is 1.41 bits per heavy atom. The van der Waals surface area contributed by atoms with Crippen LogP contribution in [0.25, 0.3) is 0 Å². The van der Waals surface area contributed by atoms with Crippen LogP contribution < -0.4 is 0 Å².